The highest BCUT2D eigenvalue weighted by molar-refractivity contribution is 6.14. The van der Waals surface area contributed by atoms with Gasteiger partial charge in [-0.05, 0) is 135 Å². The van der Waals surface area contributed by atoms with E-state index in [2.05, 4.69) is 246 Å². The van der Waals surface area contributed by atoms with Gasteiger partial charge < -0.3 is 4.57 Å². The molecule has 1 aliphatic rings. The van der Waals surface area contributed by atoms with Crippen LogP contribution in [0.15, 0.2) is 237 Å². The zero-order chi connectivity index (χ0) is 43.6. The Hall–Kier alpha value is -8.53. The van der Waals surface area contributed by atoms with Crippen molar-refractivity contribution in [2.24, 2.45) is 0 Å². The van der Waals surface area contributed by atoms with Gasteiger partial charge in [0.25, 0.3) is 0 Å². The van der Waals surface area contributed by atoms with Crippen LogP contribution in [-0.4, -0.2) is 14.1 Å². The third-order valence-electron chi connectivity index (χ3n) is 13.6. The van der Waals surface area contributed by atoms with Gasteiger partial charge in [0.15, 0.2) is 0 Å². The van der Waals surface area contributed by atoms with Crippen LogP contribution in [-0.2, 0) is 0 Å². The van der Waals surface area contributed by atoms with Crippen LogP contribution in [0.5, 0.6) is 0 Å². The SMILES string of the molecule is C1=CCCC(c2cc(-c3ccccc3)cc(-n3c4ccc(-c5ccccc5)cc4c4cc(-c5ccc6c(c5)c5cc(-c7ccccc7)ccc5n6-c5cccc6ccccc56)ccc43)n2)=C1. The summed E-state index contributed by atoms with van der Waals surface area (Å²) < 4.78 is 4.84. The average Bonchev–Trinajstić information content (AvgIpc) is 3.90. The molecule has 3 nitrogen and oxygen atoms in total. The highest BCUT2D eigenvalue weighted by atomic mass is 15.1. The fraction of sp³-hybridized carbons (Fsp3) is 0.0317. The molecule has 0 radical (unpaired) electrons. The highest BCUT2D eigenvalue weighted by Gasteiger charge is 2.20. The molecule has 0 saturated carbocycles. The van der Waals surface area contributed by atoms with E-state index < -0.39 is 0 Å². The Balaban J connectivity index is 1.04. The molecule has 0 unspecified atom stereocenters. The third kappa shape index (κ3) is 6.39. The minimum Gasteiger partial charge on any atom is -0.309 e. The number of pyridine rings is 1. The van der Waals surface area contributed by atoms with Gasteiger partial charge in [0.1, 0.15) is 5.82 Å². The summed E-state index contributed by atoms with van der Waals surface area (Å²) in [6.07, 6.45) is 8.62. The largest absolute Gasteiger partial charge is 0.309 e. The van der Waals surface area contributed by atoms with Crippen LogP contribution in [0.2, 0.25) is 0 Å². The summed E-state index contributed by atoms with van der Waals surface area (Å²) in [5.41, 5.74) is 17.6. The maximum Gasteiger partial charge on any atom is 0.138 e. The van der Waals surface area contributed by atoms with E-state index in [0.717, 1.165) is 41.0 Å². The molecule has 0 bridgehead atoms. The lowest BCUT2D eigenvalue weighted by molar-refractivity contribution is 1.02. The van der Waals surface area contributed by atoms with Crippen LogP contribution in [0.4, 0.5) is 0 Å². The van der Waals surface area contributed by atoms with Crippen LogP contribution in [0.1, 0.15) is 18.5 Å². The minimum absolute atomic E-state index is 0.916. The van der Waals surface area contributed by atoms with Crippen molar-refractivity contribution in [1.29, 1.82) is 0 Å². The zero-order valence-corrected chi connectivity index (χ0v) is 36.3. The van der Waals surface area contributed by atoms with Crippen molar-refractivity contribution in [2.45, 2.75) is 12.8 Å². The van der Waals surface area contributed by atoms with Gasteiger partial charge in [-0.15, -0.1) is 0 Å². The molecule has 66 heavy (non-hydrogen) atoms. The first-order valence-corrected chi connectivity index (χ1v) is 22.9. The summed E-state index contributed by atoms with van der Waals surface area (Å²) in [5.74, 6) is 0.916. The molecule has 0 aliphatic heterocycles. The smallest absolute Gasteiger partial charge is 0.138 e. The predicted molar refractivity (Wildman–Crippen MR) is 279 cm³/mol. The van der Waals surface area contributed by atoms with Crippen molar-refractivity contribution in [1.82, 2.24) is 14.1 Å². The van der Waals surface area contributed by atoms with E-state index in [9.17, 15) is 0 Å². The molecule has 0 atom stereocenters. The molecule has 12 aromatic rings. The van der Waals surface area contributed by atoms with Crippen LogP contribution in [0, 0.1) is 0 Å². The van der Waals surface area contributed by atoms with Gasteiger partial charge in [-0.25, -0.2) is 4.98 Å². The van der Waals surface area contributed by atoms with Crippen LogP contribution >= 0.6 is 0 Å². The van der Waals surface area contributed by atoms with Crippen molar-refractivity contribution < 1.29 is 0 Å². The Morgan fingerprint density at radius 2 is 0.818 bits per heavy atom. The Bertz CT molecular complexity index is 3900. The Kier molecular flexibility index (Phi) is 8.99. The van der Waals surface area contributed by atoms with Crippen molar-refractivity contribution in [3.05, 3.63) is 242 Å². The monoisotopic (exact) mass is 841 g/mol. The molecule has 9 aromatic carbocycles. The average molecular weight is 842 g/mol. The van der Waals surface area contributed by atoms with E-state index >= 15 is 0 Å². The number of allylic oxidation sites excluding steroid dienone is 4. The standard InChI is InChI=1S/C63H43N3/c1-5-16-42(17-6-1)47-28-32-59-53(36-47)54-38-49(30-33-60(54)65(59)58-27-15-25-45-22-13-14-26-52(45)58)50-31-35-62-56(39-50)55-37-48(43-18-7-2-8-19-43)29-34-61(55)66(62)63-41-51(44-20-9-3-10-21-44)40-57(64-63)46-23-11-4-12-24-46/h1-11,13-23,25-41H,12,24H2. The van der Waals surface area contributed by atoms with Crippen LogP contribution in [0.25, 0.3) is 116 Å². The number of hydrogen-bond acceptors (Lipinski definition) is 1. The molecule has 310 valence electrons. The number of benzene rings is 9. The Morgan fingerprint density at radius 1 is 0.348 bits per heavy atom. The second-order valence-electron chi connectivity index (χ2n) is 17.5. The molecule has 0 N–H and O–H groups in total. The zero-order valence-electron chi connectivity index (χ0n) is 36.3. The second-order valence-corrected chi connectivity index (χ2v) is 17.5. The van der Waals surface area contributed by atoms with E-state index in [1.54, 1.807) is 0 Å². The van der Waals surface area contributed by atoms with Gasteiger partial charge in [0, 0.05) is 26.9 Å². The van der Waals surface area contributed by atoms with Gasteiger partial charge in [0.2, 0.25) is 0 Å². The van der Waals surface area contributed by atoms with Crippen molar-refractivity contribution in [2.75, 3.05) is 0 Å². The van der Waals surface area contributed by atoms with Gasteiger partial charge in [0.05, 0.1) is 33.4 Å². The maximum atomic E-state index is 5.48. The first kappa shape index (κ1) is 38.0. The summed E-state index contributed by atoms with van der Waals surface area (Å²) >= 11 is 0. The summed E-state index contributed by atoms with van der Waals surface area (Å²) in [4.78, 5) is 5.48. The van der Waals surface area contributed by atoms with Crippen molar-refractivity contribution >= 4 is 60.0 Å². The summed E-state index contributed by atoms with van der Waals surface area (Å²) in [6, 6.07) is 79.9. The highest BCUT2D eigenvalue weighted by Crippen LogP contribution is 2.42. The molecule has 1 aliphatic carbocycles. The molecule has 13 rings (SSSR count). The molecule has 3 aromatic heterocycles. The lowest BCUT2D eigenvalue weighted by Crippen LogP contribution is -2.02. The number of rotatable bonds is 7. The van der Waals surface area contributed by atoms with Crippen molar-refractivity contribution in [3.8, 4) is 56.0 Å². The van der Waals surface area contributed by atoms with Crippen molar-refractivity contribution in [3.63, 3.8) is 0 Å². The molecule has 0 spiro atoms. The summed E-state index contributed by atoms with van der Waals surface area (Å²) in [7, 11) is 0. The first-order valence-electron chi connectivity index (χ1n) is 22.9. The predicted octanol–water partition coefficient (Wildman–Crippen LogP) is 16.8. The molecule has 3 heteroatoms. The molecule has 0 amide bonds. The van der Waals surface area contributed by atoms with Gasteiger partial charge >= 0.3 is 0 Å². The minimum atomic E-state index is 0.916. The van der Waals surface area contributed by atoms with E-state index in [-0.39, 0.29) is 0 Å². The van der Waals surface area contributed by atoms with Gasteiger partial charge in [-0.2, -0.15) is 0 Å². The molecule has 0 fully saturated rings. The number of aromatic nitrogens is 3. The summed E-state index contributed by atoms with van der Waals surface area (Å²) in [5, 5.41) is 7.31. The fourth-order valence-electron chi connectivity index (χ4n) is 10.3. The summed E-state index contributed by atoms with van der Waals surface area (Å²) in [6.45, 7) is 0. The van der Waals surface area contributed by atoms with E-state index in [1.165, 1.54) is 93.6 Å². The number of fused-ring (bicyclic) bond motifs is 7. The lowest BCUT2D eigenvalue weighted by Gasteiger charge is -2.15. The Labute approximate surface area is 383 Å². The second kappa shape index (κ2) is 15.6. The maximum absolute atomic E-state index is 5.48. The number of hydrogen-bond donors (Lipinski definition) is 0. The van der Waals surface area contributed by atoms with E-state index in [1.807, 2.05) is 0 Å². The lowest BCUT2D eigenvalue weighted by atomic mass is 9.98. The third-order valence-corrected chi connectivity index (χ3v) is 13.6. The molecular weight excluding hydrogens is 799 g/mol. The van der Waals surface area contributed by atoms with Gasteiger partial charge in [-0.1, -0.05) is 170 Å². The number of nitrogens with zero attached hydrogens (tertiary/aromatic N) is 3. The van der Waals surface area contributed by atoms with E-state index in [4.69, 9.17) is 4.98 Å². The topological polar surface area (TPSA) is 22.8 Å². The fourth-order valence-corrected chi connectivity index (χ4v) is 10.3. The van der Waals surface area contributed by atoms with Crippen LogP contribution < -0.4 is 0 Å². The molecule has 0 saturated heterocycles. The normalized spacial score (nSPS) is 12.8. The molecular formula is C63H43N3. The van der Waals surface area contributed by atoms with E-state index in [0.29, 0.717) is 0 Å². The van der Waals surface area contributed by atoms with Crippen LogP contribution in [0.3, 0.4) is 0 Å². The first-order chi connectivity index (χ1) is 32.7. The van der Waals surface area contributed by atoms with Gasteiger partial charge in [-0.3, -0.25) is 4.57 Å². The Morgan fingerprint density at radius 3 is 1.35 bits per heavy atom. The molecule has 3 heterocycles. The quantitative estimate of drug-likeness (QED) is 0.157.